The minimum Gasteiger partial charge on any atom is -0.303 e. The number of rotatable bonds is 14. The van der Waals surface area contributed by atoms with E-state index in [0.29, 0.717) is 19.3 Å². The van der Waals surface area contributed by atoms with Crippen LogP contribution in [0.5, 0.6) is 0 Å². The minimum atomic E-state index is -0.310. The third kappa shape index (κ3) is 14.7. The van der Waals surface area contributed by atoms with Crippen LogP contribution in [-0.2, 0) is 4.79 Å². The van der Waals surface area contributed by atoms with Crippen molar-refractivity contribution in [2.24, 2.45) is 0 Å². The zero-order valence-corrected chi connectivity index (χ0v) is 14.6. The molecule has 0 aliphatic carbocycles. The van der Waals surface area contributed by atoms with Crippen molar-refractivity contribution in [3.63, 3.8) is 0 Å². The van der Waals surface area contributed by atoms with Crippen LogP contribution in [0.1, 0.15) is 58.3 Å². The van der Waals surface area contributed by atoms with Crippen LogP contribution in [0.2, 0.25) is 0 Å². The van der Waals surface area contributed by atoms with Gasteiger partial charge in [-0.3, -0.25) is 10.1 Å². The van der Waals surface area contributed by atoms with Gasteiger partial charge < -0.3 is 4.79 Å². The number of hydrogen-bond donors (Lipinski definition) is 0. The molecular weight excluding hydrogens is 302 g/mol. The molecule has 0 aliphatic rings. The van der Waals surface area contributed by atoms with Gasteiger partial charge in [-0.05, 0) is 44.6 Å². The van der Waals surface area contributed by atoms with Gasteiger partial charge in [0, 0.05) is 6.42 Å². The van der Waals surface area contributed by atoms with Crippen molar-refractivity contribution in [1.29, 1.82) is 0 Å². The quantitative estimate of drug-likeness (QED) is 0.135. The molecule has 0 saturated carbocycles. The van der Waals surface area contributed by atoms with Crippen molar-refractivity contribution in [3.05, 3.63) is 70.5 Å². The monoisotopic (exact) mass is 331 g/mol. The van der Waals surface area contributed by atoms with Crippen molar-refractivity contribution in [3.8, 4) is 0 Å². The molecule has 0 aromatic rings. The molecule has 0 heterocycles. The fourth-order valence-corrected chi connectivity index (χ4v) is 1.88. The van der Waals surface area contributed by atoms with Crippen LogP contribution in [-0.4, -0.2) is 11.2 Å². The Morgan fingerprint density at radius 1 is 0.875 bits per heavy atom. The number of unbranched alkanes of at least 4 members (excludes halogenated alkanes) is 2. The van der Waals surface area contributed by atoms with E-state index >= 15 is 0 Å². The van der Waals surface area contributed by atoms with Crippen LogP contribution in [0.25, 0.3) is 0 Å². The number of aldehydes is 1. The summed E-state index contributed by atoms with van der Waals surface area (Å²) in [4.78, 5) is 20.8. The molecule has 0 spiro atoms. The van der Waals surface area contributed by atoms with Gasteiger partial charge in [0.1, 0.15) is 6.29 Å². The molecular formula is C20H29NO3. The highest BCUT2D eigenvalue weighted by Crippen LogP contribution is 2.06. The number of allylic oxidation sites excluding steroid dienone is 9. The molecule has 24 heavy (non-hydrogen) atoms. The molecule has 0 unspecified atom stereocenters. The first-order valence-electron chi connectivity index (χ1n) is 8.59. The highest BCUT2D eigenvalue weighted by Gasteiger charge is 2.06. The van der Waals surface area contributed by atoms with Gasteiger partial charge in [-0.1, -0.05) is 55.5 Å². The minimum absolute atomic E-state index is 0.245. The van der Waals surface area contributed by atoms with E-state index in [-0.39, 0.29) is 10.6 Å². The number of carbonyl (C=O) groups is 1. The average molecular weight is 331 g/mol. The van der Waals surface area contributed by atoms with Crippen LogP contribution < -0.4 is 0 Å². The summed E-state index contributed by atoms with van der Waals surface area (Å²) < 4.78 is 0. The summed E-state index contributed by atoms with van der Waals surface area (Å²) in [6.07, 6.45) is 24.7. The molecule has 132 valence electrons. The van der Waals surface area contributed by atoms with Crippen LogP contribution in [0.15, 0.2) is 60.4 Å². The second kappa shape index (κ2) is 17.1. The van der Waals surface area contributed by atoms with E-state index in [9.17, 15) is 14.9 Å². The number of carbonyl (C=O) groups excluding carboxylic acids is 1. The first kappa shape index (κ1) is 21.8. The average Bonchev–Trinajstić information content (AvgIpc) is 2.57. The summed E-state index contributed by atoms with van der Waals surface area (Å²) in [6.45, 7) is 2.04. The van der Waals surface area contributed by atoms with Crippen molar-refractivity contribution < 1.29 is 9.72 Å². The number of nitrogens with zero attached hydrogens (tertiary/aromatic N) is 1. The fraction of sp³-hybridized carbons (Fsp3) is 0.450. The van der Waals surface area contributed by atoms with Gasteiger partial charge in [0.2, 0.25) is 5.70 Å². The van der Waals surface area contributed by atoms with Gasteiger partial charge in [-0.2, -0.15) is 0 Å². The Balaban J connectivity index is 3.95. The first-order valence-corrected chi connectivity index (χ1v) is 8.59. The normalized spacial score (nSPS) is 13.0. The highest BCUT2D eigenvalue weighted by molar-refractivity contribution is 5.49. The smallest absolute Gasteiger partial charge is 0.246 e. The molecule has 0 amide bonds. The van der Waals surface area contributed by atoms with Gasteiger partial charge in [0.05, 0.1) is 11.3 Å². The lowest BCUT2D eigenvalue weighted by atomic mass is 10.2. The van der Waals surface area contributed by atoms with Crippen LogP contribution >= 0.6 is 0 Å². The summed E-state index contributed by atoms with van der Waals surface area (Å²) >= 11 is 0. The van der Waals surface area contributed by atoms with Crippen LogP contribution in [0.3, 0.4) is 0 Å². The summed E-state index contributed by atoms with van der Waals surface area (Å²) in [7, 11) is 0. The molecule has 0 aliphatic heterocycles. The Kier molecular flexibility index (Phi) is 15.5. The standard InChI is InChI=1S/C20H29NO3/c1-2-3-4-14-17-20(21(23)24)18-15-12-10-8-6-5-7-9-11-13-16-19-22/h3-4,6-9,12,15,17,19H,2,5,10-11,13-14,16,18H2,1H3/b4-3+,8-6+,9-7+,15-12+,20-17-. The van der Waals surface area contributed by atoms with Gasteiger partial charge >= 0.3 is 0 Å². The van der Waals surface area contributed by atoms with E-state index in [0.717, 1.165) is 38.4 Å². The third-order valence-electron chi connectivity index (χ3n) is 3.19. The molecule has 4 nitrogen and oxygen atoms in total. The van der Waals surface area contributed by atoms with E-state index in [4.69, 9.17) is 0 Å². The van der Waals surface area contributed by atoms with E-state index in [2.05, 4.69) is 18.2 Å². The molecule has 4 heteroatoms. The van der Waals surface area contributed by atoms with Gasteiger partial charge in [-0.15, -0.1) is 0 Å². The van der Waals surface area contributed by atoms with E-state index in [1.165, 1.54) is 0 Å². The molecule has 0 N–H and O–H groups in total. The Bertz CT molecular complexity index is 485. The molecule has 0 saturated heterocycles. The second-order valence-corrected chi connectivity index (χ2v) is 5.26. The summed E-state index contributed by atoms with van der Waals surface area (Å²) in [6, 6.07) is 0. The predicted molar refractivity (Wildman–Crippen MR) is 100 cm³/mol. The first-order chi connectivity index (χ1) is 11.7. The van der Waals surface area contributed by atoms with Crippen molar-refractivity contribution in [2.45, 2.75) is 58.3 Å². The lowest BCUT2D eigenvalue weighted by Gasteiger charge is -1.93. The van der Waals surface area contributed by atoms with Crippen LogP contribution in [0, 0.1) is 10.1 Å². The van der Waals surface area contributed by atoms with Crippen molar-refractivity contribution >= 4 is 6.29 Å². The number of nitro groups is 1. The van der Waals surface area contributed by atoms with Crippen molar-refractivity contribution in [2.75, 3.05) is 0 Å². The van der Waals surface area contributed by atoms with Crippen molar-refractivity contribution in [1.82, 2.24) is 0 Å². The van der Waals surface area contributed by atoms with Gasteiger partial charge in [-0.25, -0.2) is 0 Å². The van der Waals surface area contributed by atoms with E-state index in [1.807, 2.05) is 37.3 Å². The zero-order valence-electron chi connectivity index (χ0n) is 14.6. The maximum absolute atomic E-state index is 10.9. The van der Waals surface area contributed by atoms with Gasteiger partial charge in [0.25, 0.3) is 0 Å². The highest BCUT2D eigenvalue weighted by atomic mass is 16.6. The third-order valence-corrected chi connectivity index (χ3v) is 3.19. The lowest BCUT2D eigenvalue weighted by molar-refractivity contribution is -0.427. The molecule has 0 atom stereocenters. The summed E-state index contributed by atoms with van der Waals surface area (Å²) in [5.41, 5.74) is 0.245. The second-order valence-electron chi connectivity index (χ2n) is 5.26. The van der Waals surface area contributed by atoms with E-state index < -0.39 is 0 Å². The van der Waals surface area contributed by atoms with E-state index in [1.54, 1.807) is 6.08 Å². The summed E-state index contributed by atoms with van der Waals surface area (Å²) in [5, 5.41) is 10.9. The SMILES string of the molecule is CC/C=C/C/C=C(/C/C=C/C/C=C/C/C=C/CCCC=O)[N+](=O)[O-]. The maximum Gasteiger partial charge on any atom is 0.246 e. The molecule has 0 aromatic heterocycles. The Morgan fingerprint density at radius 2 is 1.50 bits per heavy atom. The molecule has 0 bridgehead atoms. The Morgan fingerprint density at radius 3 is 2.12 bits per heavy atom. The van der Waals surface area contributed by atoms with Gasteiger partial charge in [0.15, 0.2) is 0 Å². The largest absolute Gasteiger partial charge is 0.303 e. The Hall–Kier alpha value is -2.23. The predicted octanol–water partition coefficient (Wildman–Crippen LogP) is 5.71. The molecule has 0 aromatic carbocycles. The summed E-state index contributed by atoms with van der Waals surface area (Å²) in [5.74, 6) is 0. The topological polar surface area (TPSA) is 60.2 Å². The van der Waals surface area contributed by atoms with Crippen LogP contribution in [0.4, 0.5) is 0 Å². The fourth-order valence-electron chi connectivity index (χ4n) is 1.88. The maximum atomic E-state index is 10.9. The number of hydrogen-bond acceptors (Lipinski definition) is 3. The Labute approximate surface area is 145 Å². The molecule has 0 fully saturated rings. The molecule has 0 rings (SSSR count). The molecule has 0 radical (unpaired) electrons. The lowest BCUT2D eigenvalue weighted by Crippen LogP contribution is -1.97. The zero-order chi connectivity index (χ0) is 17.9.